The van der Waals surface area contributed by atoms with Crippen molar-refractivity contribution in [2.24, 2.45) is 11.7 Å². The Labute approximate surface area is 187 Å². The van der Waals surface area contributed by atoms with E-state index >= 15 is 0 Å². The average Bonchev–Trinajstić information content (AvgIpc) is 3.18. The van der Waals surface area contributed by atoms with E-state index in [1.807, 2.05) is 0 Å². The molecular weight excluding hydrogens is 392 g/mol. The maximum atomic E-state index is 5.93. The number of piperidine rings is 2. The predicted octanol–water partition coefficient (Wildman–Crippen LogP) is -0.00430. The molecule has 4 atom stereocenters. The molecule has 0 amide bonds. The quantitative estimate of drug-likeness (QED) is 0.279. The number of hydrogen-bond acceptors (Lipinski definition) is 9. The van der Waals surface area contributed by atoms with Gasteiger partial charge in [-0.1, -0.05) is 6.92 Å². The summed E-state index contributed by atoms with van der Waals surface area (Å²) in [5.41, 5.74) is 12.3. The van der Waals surface area contributed by atoms with E-state index in [9.17, 15) is 0 Å². The molecule has 178 valence electrons. The highest BCUT2D eigenvalue weighted by Gasteiger charge is 2.42. The molecule has 4 aliphatic rings. The van der Waals surface area contributed by atoms with E-state index in [1.54, 1.807) is 0 Å². The molecule has 0 aromatic rings. The van der Waals surface area contributed by atoms with Gasteiger partial charge in [0, 0.05) is 19.7 Å². The van der Waals surface area contributed by atoms with Crippen LogP contribution in [0.15, 0.2) is 11.4 Å². The summed E-state index contributed by atoms with van der Waals surface area (Å²) < 4.78 is 5.67. The monoisotopic (exact) mass is 436 g/mol. The number of nitrogens with zero attached hydrogens (tertiary/aromatic N) is 2. The number of nitrogens with two attached hydrogens (primary N) is 1. The van der Waals surface area contributed by atoms with E-state index in [1.165, 1.54) is 43.5 Å². The third-order valence-electron chi connectivity index (χ3n) is 7.21. The van der Waals surface area contributed by atoms with Crippen LogP contribution in [0.2, 0.25) is 0 Å². The average molecular weight is 437 g/mol. The van der Waals surface area contributed by atoms with Crippen LogP contribution in [0.1, 0.15) is 52.4 Å². The summed E-state index contributed by atoms with van der Waals surface area (Å²) in [5.74, 6) is 0.667. The number of rotatable bonds is 9. The first-order valence-corrected chi connectivity index (χ1v) is 12.5. The largest absolute Gasteiger partial charge is 0.380 e. The zero-order valence-electron chi connectivity index (χ0n) is 19.5. The van der Waals surface area contributed by atoms with Gasteiger partial charge in [-0.15, -0.1) is 0 Å². The van der Waals surface area contributed by atoms with Crippen LogP contribution in [0.5, 0.6) is 0 Å². The summed E-state index contributed by atoms with van der Waals surface area (Å²) in [5, 5.41) is 17.6. The molecular formula is C22H44N8O. The second-order valence-electron chi connectivity index (χ2n) is 9.27. The molecule has 0 aromatic carbocycles. The fourth-order valence-corrected chi connectivity index (χ4v) is 5.30. The van der Waals surface area contributed by atoms with Gasteiger partial charge in [0.05, 0.1) is 36.8 Å². The lowest BCUT2D eigenvalue weighted by Crippen LogP contribution is -2.68. The van der Waals surface area contributed by atoms with Crippen LogP contribution in [0.3, 0.4) is 0 Å². The number of hydrazine groups is 1. The van der Waals surface area contributed by atoms with Crippen molar-refractivity contribution >= 4 is 0 Å². The lowest BCUT2D eigenvalue weighted by atomic mass is 9.97. The molecule has 4 rings (SSSR count). The van der Waals surface area contributed by atoms with Crippen LogP contribution < -0.4 is 32.4 Å². The van der Waals surface area contributed by atoms with E-state index in [0.717, 1.165) is 52.4 Å². The first-order chi connectivity index (χ1) is 15.2. The minimum atomic E-state index is 0.0924. The maximum Gasteiger partial charge on any atom is 0.136 e. The zero-order valence-corrected chi connectivity index (χ0v) is 19.5. The van der Waals surface area contributed by atoms with Crippen LogP contribution in [-0.4, -0.2) is 80.5 Å². The minimum Gasteiger partial charge on any atom is -0.380 e. The van der Waals surface area contributed by atoms with Crippen molar-refractivity contribution in [1.29, 1.82) is 0 Å². The lowest BCUT2D eigenvalue weighted by Gasteiger charge is -2.45. The Kier molecular flexibility index (Phi) is 8.44. The Hall–Kier alpha value is -0.940. The van der Waals surface area contributed by atoms with Crippen LogP contribution in [0, 0.1) is 5.92 Å². The Morgan fingerprint density at radius 1 is 1.16 bits per heavy atom. The van der Waals surface area contributed by atoms with Gasteiger partial charge in [0.15, 0.2) is 0 Å². The van der Waals surface area contributed by atoms with E-state index in [2.05, 4.69) is 50.4 Å². The molecule has 0 radical (unpaired) electrons. The Bertz CT molecular complexity index is 588. The molecule has 0 spiro atoms. The molecule has 2 fully saturated rings. The summed E-state index contributed by atoms with van der Waals surface area (Å²) >= 11 is 0. The molecule has 0 aromatic heterocycles. The maximum absolute atomic E-state index is 5.93. The minimum absolute atomic E-state index is 0.0924. The first kappa shape index (κ1) is 23.2. The van der Waals surface area contributed by atoms with Crippen molar-refractivity contribution in [3.63, 3.8) is 0 Å². The van der Waals surface area contributed by atoms with Crippen molar-refractivity contribution in [1.82, 2.24) is 36.6 Å². The fraction of sp³-hybridized carbons (Fsp3) is 0.909. The highest BCUT2D eigenvalue weighted by molar-refractivity contribution is 5.29. The number of nitrogens with one attached hydrogen (secondary N) is 5. The van der Waals surface area contributed by atoms with Gasteiger partial charge < -0.3 is 26.1 Å². The molecule has 4 heterocycles. The van der Waals surface area contributed by atoms with Gasteiger partial charge in [-0.3, -0.25) is 15.5 Å². The number of likely N-dealkylation sites (tertiary alicyclic amines) is 1. The predicted molar refractivity (Wildman–Crippen MR) is 123 cm³/mol. The topological polar surface area (TPSA) is 102 Å². The molecule has 0 aliphatic carbocycles. The molecule has 0 bridgehead atoms. The normalized spacial score (nSPS) is 32.9. The molecule has 2 saturated heterocycles. The van der Waals surface area contributed by atoms with Crippen LogP contribution in [0.25, 0.3) is 0 Å². The summed E-state index contributed by atoms with van der Waals surface area (Å²) in [6.07, 6.45) is 7.71. The Morgan fingerprint density at radius 2 is 2.00 bits per heavy atom. The summed E-state index contributed by atoms with van der Waals surface area (Å²) in [7, 11) is 0. The molecule has 4 unspecified atom stereocenters. The van der Waals surface area contributed by atoms with Gasteiger partial charge in [0.1, 0.15) is 12.5 Å². The fourth-order valence-electron chi connectivity index (χ4n) is 5.30. The summed E-state index contributed by atoms with van der Waals surface area (Å²) in [6, 6.07) is 0.312. The van der Waals surface area contributed by atoms with Crippen LogP contribution in [-0.2, 0) is 4.74 Å². The Morgan fingerprint density at radius 3 is 2.68 bits per heavy atom. The van der Waals surface area contributed by atoms with E-state index in [-0.39, 0.29) is 12.5 Å². The standard InChI is InChI=1S/C22H44N8O/c1-3-17-19-20(30(28-17)13-14-31-4-2)21(25-18-7-5-6-10-24-18)27-22(26-19)29-11-8-16(15-23)9-12-29/h16-18,21-22,24-28H,3-15,23H2,1-2H3. The van der Waals surface area contributed by atoms with Crippen molar-refractivity contribution in [3.8, 4) is 0 Å². The second kappa shape index (κ2) is 11.3. The molecule has 7 N–H and O–H groups in total. The van der Waals surface area contributed by atoms with Gasteiger partial charge in [-0.25, -0.2) is 5.43 Å². The third-order valence-corrected chi connectivity index (χ3v) is 7.21. The summed E-state index contributed by atoms with van der Waals surface area (Å²) in [4.78, 5) is 2.55. The lowest BCUT2D eigenvalue weighted by molar-refractivity contribution is 0.0687. The van der Waals surface area contributed by atoms with E-state index in [4.69, 9.17) is 10.5 Å². The SMILES string of the molecule is CCOCCN1NC(CC)C2=C1C(NC1CCCCN1)NC(N1CCC(CN)CC1)N2. The number of ether oxygens (including phenoxy) is 1. The van der Waals surface area contributed by atoms with Gasteiger partial charge in [-0.2, -0.15) is 0 Å². The van der Waals surface area contributed by atoms with E-state index in [0.29, 0.717) is 18.1 Å². The van der Waals surface area contributed by atoms with Gasteiger partial charge in [0.25, 0.3) is 0 Å². The highest BCUT2D eigenvalue weighted by atomic mass is 16.5. The number of hydrogen-bond donors (Lipinski definition) is 6. The molecule has 0 saturated carbocycles. The van der Waals surface area contributed by atoms with Gasteiger partial charge in [-0.05, 0) is 64.5 Å². The van der Waals surface area contributed by atoms with Crippen molar-refractivity contribution in [3.05, 3.63) is 11.4 Å². The first-order valence-electron chi connectivity index (χ1n) is 12.5. The molecule has 9 heteroatoms. The Balaban J connectivity index is 1.52. The molecule has 9 nitrogen and oxygen atoms in total. The van der Waals surface area contributed by atoms with Crippen molar-refractivity contribution in [2.45, 2.75) is 77.0 Å². The van der Waals surface area contributed by atoms with E-state index < -0.39 is 0 Å². The zero-order chi connectivity index (χ0) is 21.6. The highest BCUT2D eigenvalue weighted by Crippen LogP contribution is 2.28. The van der Waals surface area contributed by atoms with Gasteiger partial charge in [0.2, 0.25) is 0 Å². The van der Waals surface area contributed by atoms with Crippen LogP contribution >= 0.6 is 0 Å². The van der Waals surface area contributed by atoms with Gasteiger partial charge >= 0.3 is 0 Å². The molecule has 4 aliphatic heterocycles. The second-order valence-corrected chi connectivity index (χ2v) is 9.27. The molecule has 31 heavy (non-hydrogen) atoms. The van der Waals surface area contributed by atoms with Crippen molar-refractivity contribution < 1.29 is 4.74 Å². The smallest absolute Gasteiger partial charge is 0.136 e. The summed E-state index contributed by atoms with van der Waals surface area (Å²) in [6.45, 7) is 10.7. The van der Waals surface area contributed by atoms with Crippen LogP contribution in [0.4, 0.5) is 0 Å². The van der Waals surface area contributed by atoms with Crippen molar-refractivity contribution in [2.75, 3.05) is 45.9 Å². The third kappa shape index (κ3) is 5.52.